The highest BCUT2D eigenvalue weighted by atomic mass is 35.5. The van der Waals surface area contributed by atoms with E-state index in [1.807, 2.05) is 37.4 Å². The zero-order valence-electron chi connectivity index (χ0n) is 36.9. The van der Waals surface area contributed by atoms with E-state index in [2.05, 4.69) is 57.8 Å². The monoisotopic (exact) mass is 1000 g/mol. The van der Waals surface area contributed by atoms with Crippen molar-refractivity contribution in [2.24, 2.45) is 0 Å². The summed E-state index contributed by atoms with van der Waals surface area (Å²) in [6.45, 7) is 7.30. The molecule has 3 aliphatic heterocycles. The first-order valence-electron chi connectivity index (χ1n) is 22.2. The van der Waals surface area contributed by atoms with E-state index < -0.39 is 52.7 Å². The Morgan fingerprint density at radius 2 is 1.58 bits per heavy atom. The first kappa shape index (κ1) is 49.1. The number of piperazine rings is 1. The second-order valence-electron chi connectivity index (χ2n) is 17.3. The van der Waals surface area contributed by atoms with Gasteiger partial charge in [-0.2, -0.15) is 13.2 Å². The number of halogens is 5. The van der Waals surface area contributed by atoms with Crippen LogP contribution in [0, 0.1) is 5.82 Å². The molecule has 0 radical (unpaired) electrons. The fraction of sp³-hybridized carbons (Fsp3) is 0.404. The number of likely N-dealkylation sites (tertiary alicyclic amines) is 1. The molecular formula is C47H53ClF4N8O4S3. The van der Waals surface area contributed by atoms with Crippen LogP contribution in [0.1, 0.15) is 36.1 Å². The van der Waals surface area contributed by atoms with Gasteiger partial charge >= 0.3 is 5.51 Å². The molecule has 2 N–H and O–H groups in total. The van der Waals surface area contributed by atoms with Gasteiger partial charge < -0.3 is 15.1 Å². The third-order valence-corrected chi connectivity index (χ3v) is 17.1. The van der Waals surface area contributed by atoms with Gasteiger partial charge in [0.1, 0.15) is 22.9 Å². The van der Waals surface area contributed by atoms with Crippen LogP contribution >= 0.6 is 23.4 Å². The van der Waals surface area contributed by atoms with Crippen LogP contribution in [-0.2, 0) is 39.4 Å². The Bertz CT molecular complexity index is 2740. The molecule has 0 aliphatic carbocycles. The lowest BCUT2D eigenvalue weighted by molar-refractivity contribution is -0.0435. The number of sulfonamides is 1. The van der Waals surface area contributed by atoms with E-state index in [1.165, 1.54) is 12.4 Å². The fourth-order valence-electron chi connectivity index (χ4n) is 8.95. The highest BCUT2D eigenvalue weighted by Gasteiger charge is 2.48. The molecule has 0 saturated carbocycles. The molecule has 12 nitrogen and oxygen atoms in total. The summed E-state index contributed by atoms with van der Waals surface area (Å²) in [7, 11) is -8.73. The number of hydrogen-bond donors (Lipinski definition) is 2. The number of nitrogens with zero attached hydrogens (tertiary/aromatic N) is 6. The van der Waals surface area contributed by atoms with Crippen LogP contribution in [0.15, 0.2) is 112 Å². The van der Waals surface area contributed by atoms with Crippen molar-refractivity contribution < 1.29 is 34.4 Å². The molecular weight excluding hydrogens is 948 g/mol. The third kappa shape index (κ3) is 11.9. The normalized spacial score (nSPS) is 17.8. The van der Waals surface area contributed by atoms with E-state index in [1.54, 1.807) is 18.2 Å². The van der Waals surface area contributed by atoms with Crippen molar-refractivity contribution in [2.45, 2.75) is 71.1 Å². The van der Waals surface area contributed by atoms with Crippen molar-refractivity contribution in [3.05, 3.63) is 125 Å². The van der Waals surface area contributed by atoms with E-state index >= 15 is 0 Å². The summed E-state index contributed by atoms with van der Waals surface area (Å²) < 4.78 is 114. The Hall–Kier alpha value is -4.34. The Morgan fingerprint density at radius 3 is 2.31 bits per heavy atom. The van der Waals surface area contributed by atoms with Gasteiger partial charge in [-0.25, -0.2) is 31.2 Å². The van der Waals surface area contributed by atoms with Crippen molar-refractivity contribution in [3.63, 3.8) is 0 Å². The number of thioether (sulfide) groups is 1. The molecule has 8 rings (SSSR count). The molecule has 1 atom stereocenters. The summed E-state index contributed by atoms with van der Waals surface area (Å²) in [5.41, 5.74) is -1.52. The molecule has 0 unspecified atom stereocenters. The van der Waals surface area contributed by atoms with Gasteiger partial charge in [-0.3, -0.25) is 14.5 Å². The van der Waals surface area contributed by atoms with Gasteiger partial charge in [-0.05, 0) is 105 Å². The van der Waals surface area contributed by atoms with Crippen molar-refractivity contribution in [3.8, 4) is 11.1 Å². The molecule has 1 aromatic heterocycles. The Labute approximate surface area is 399 Å². The molecule has 2 saturated heterocycles. The average molecular weight is 1000 g/mol. The van der Waals surface area contributed by atoms with Crippen molar-refractivity contribution in [1.82, 2.24) is 29.6 Å². The quantitative estimate of drug-likeness (QED) is 0.0729. The fourth-order valence-corrected chi connectivity index (χ4v) is 12.2. The van der Waals surface area contributed by atoms with Gasteiger partial charge in [0.25, 0.3) is 19.9 Å². The number of rotatable bonds is 16. The van der Waals surface area contributed by atoms with Crippen LogP contribution in [0.4, 0.5) is 29.1 Å². The predicted octanol–water partition coefficient (Wildman–Crippen LogP) is 8.26. The maximum Gasteiger partial charge on any atom is 0.501 e. The molecule has 20 heteroatoms. The molecule has 0 bridgehead atoms. The molecule has 0 spiro atoms. The summed E-state index contributed by atoms with van der Waals surface area (Å²) in [6.07, 6.45) is 3.86. The Kier molecular flexibility index (Phi) is 15.5. The first-order chi connectivity index (χ1) is 32.0. The maximum atomic E-state index is 14.6. The predicted molar refractivity (Wildman–Crippen MR) is 255 cm³/mol. The van der Waals surface area contributed by atoms with Crippen LogP contribution in [0.2, 0.25) is 5.02 Å². The lowest BCUT2D eigenvalue weighted by Crippen LogP contribution is -2.46. The first-order valence-corrected chi connectivity index (χ1v) is 26.5. The number of anilines is 2. The molecule has 67 heavy (non-hydrogen) atoms. The number of aromatic nitrogens is 2. The summed E-state index contributed by atoms with van der Waals surface area (Å²) in [4.78, 5) is 16.3. The van der Waals surface area contributed by atoms with Crippen LogP contribution in [-0.4, -0.2) is 129 Å². The SMILES string of the molecule is CN1CCN(CC[C@H](CSc2ccccc2F)Nc2ccc(S(=O)(=O)Nc3ncnc4c3CCN(C3CCN(Cc5cc(Cl)ccc5-c5ccccc5)CC3)C4)cc2S(=O)(=O)C(F)(F)F)CC1. The number of likely N-dealkylation sites (N-methyl/N-ethyl adjacent to an activating group) is 1. The highest BCUT2D eigenvalue weighted by Crippen LogP contribution is 2.38. The number of sulfone groups is 1. The highest BCUT2D eigenvalue weighted by molar-refractivity contribution is 7.99. The maximum absolute atomic E-state index is 14.6. The van der Waals surface area contributed by atoms with Crippen molar-refractivity contribution in [1.29, 1.82) is 0 Å². The van der Waals surface area contributed by atoms with E-state index in [-0.39, 0.29) is 17.6 Å². The number of benzene rings is 4. The number of alkyl halides is 3. The zero-order chi connectivity index (χ0) is 47.3. The van der Waals surface area contributed by atoms with Gasteiger partial charge in [-0.15, -0.1) is 11.8 Å². The van der Waals surface area contributed by atoms with E-state index in [4.69, 9.17) is 11.6 Å². The molecule has 358 valence electrons. The van der Waals surface area contributed by atoms with Crippen molar-refractivity contribution in [2.75, 3.05) is 75.2 Å². The zero-order valence-corrected chi connectivity index (χ0v) is 40.1. The number of nitrogens with one attached hydrogen (secondary N) is 2. The largest absolute Gasteiger partial charge is 0.501 e. The second-order valence-corrected chi connectivity index (χ2v) is 22.4. The summed E-state index contributed by atoms with van der Waals surface area (Å²) >= 11 is 7.58. The van der Waals surface area contributed by atoms with Crippen LogP contribution in [0.3, 0.4) is 0 Å². The van der Waals surface area contributed by atoms with Gasteiger partial charge in [0, 0.05) is 85.7 Å². The number of fused-ring (bicyclic) bond motifs is 1. The number of piperidine rings is 1. The minimum Gasteiger partial charge on any atom is -0.380 e. The molecule has 4 aromatic carbocycles. The van der Waals surface area contributed by atoms with Gasteiger partial charge in [0.05, 0.1) is 16.3 Å². The lowest BCUT2D eigenvalue weighted by Gasteiger charge is -2.40. The molecule has 2 fully saturated rings. The molecule has 0 amide bonds. The van der Waals surface area contributed by atoms with Crippen LogP contribution in [0.5, 0.6) is 0 Å². The van der Waals surface area contributed by atoms with Crippen molar-refractivity contribution >= 4 is 54.7 Å². The Morgan fingerprint density at radius 1 is 0.851 bits per heavy atom. The molecule has 4 heterocycles. The van der Waals surface area contributed by atoms with E-state index in [0.29, 0.717) is 59.7 Å². The molecule has 3 aliphatic rings. The minimum absolute atomic E-state index is 0.0215. The topological polar surface area (TPSA) is 131 Å². The smallest absolute Gasteiger partial charge is 0.380 e. The third-order valence-electron chi connectivity index (χ3n) is 12.8. The average Bonchev–Trinajstić information content (AvgIpc) is 3.31. The summed E-state index contributed by atoms with van der Waals surface area (Å²) in [5, 5.41) is 3.67. The second kappa shape index (κ2) is 21.1. The minimum atomic E-state index is -6.07. The van der Waals surface area contributed by atoms with Gasteiger partial charge in [-0.1, -0.05) is 60.1 Å². The lowest BCUT2D eigenvalue weighted by atomic mass is 9.96. The van der Waals surface area contributed by atoms with Crippen LogP contribution < -0.4 is 10.0 Å². The summed E-state index contributed by atoms with van der Waals surface area (Å²) in [6, 6.07) is 24.6. The van der Waals surface area contributed by atoms with Gasteiger partial charge in [0.15, 0.2) is 0 Å². The number of hydrogen-bond acceptors (Lipinski definition) is 12. The van der Waals surface area contributed by atoms with E-state index in [0.717, 1.165) is 99.2 Å². The Balaban J connectivity index is 0.962. The van der Waals surface area contributed by atoms with E-state index in [9.17, 15) is 34.4 Å². The van der Waals surface area contributed by atoms with Gasteiger partial charge in [0.2, 0.25) is 0 Å². The standard InChI is InChI=1S/C47H53ClF4N8O4S3/c1-57-23-25-58(26-24-57)19-15-36(31-65-44-10-6-5-9-41(44)49)55-42-14-12-38(28-45(42)66(61,62)47(50,51)52)67(63,64)56-46-40-18-22-60(30-43(40)53-32-54-46)37-16-20-59(21-17-37)29-34-27-35(48)11-13-39(34)33-7-3-2-4-8-33/h2-14,27-28,32,36-37,55H,15-26,29-31H2,1H3,(H,53,54,56)/t36-/m1/s1. The summed E-state index contributed by atoms with van der Waals surface area (Å²) in [5.74, 6) is -0.307. The van der Waals surface area contributed by atoms with Crippen LogP contribution in [0.25, 0.3) is 11.1 Å². The molecule has 5 aromatic rings.